The maximum atomic E-state index is 13.9. The van der Waals surface area contributed by atoms with E-state index in [1.165, 1.54) is 4.90 Å². The van der Waals surface area contributed by atoms with E-state index in [1.807, 2.05) is 44.2 Å². The standard InChI is InChI=1S/C24H32BrN3O5/c1-4-13(2)16(12-29)28-20(22(31)27-11-14-8-6-5-7-9-14)24-10-15(25)19(33-24)17(21(30)26-3)18(24)23(28)32/h5-9,13,15-20,29H,4,10-12H2,1-3H3,(H,26,30)(H,27,31)/t13-,15?,16-,17-,18-,19-,20?,24?/m0/s1. The number of carbonyl (C=O) groups excluding carboxylic acids is 3. The molecule has 2 bridgehead atoms. The number of nitrogens with zero attached hydrogens (tertiary/aromatic N) is 1. The van der Waals surface area contributed by atoms with E-state index >= 15 is 0 Å². The monoisotopic (exact) mass is 521 g/mol. The van der Waals surface area contributed by atoms with Gasteiger partial charge >= 0.3 is 0 Å². The van der Waals surface area contributed by atoms with Crippen LogP contribution < -0.4 is 10.6 Å². The molecule has 4 rings (SSSR count). The summed E-state index contributed by atoms with van der Waals surface area (Å²) in [5.41, 5.74) is -0.177. The molecule has 1 spiro atoms. The molecule has 9 heteroatoms. The third-order valence-electron chi connectivity index (χ3n) is 7.68. The molecule has 3 aliphatic rings. The Morgan fingerprint density at radius 2 is 2.00 bits per heavy atom. The van der Waals surface area contributed by atoms with Crippen LogP contribution in [0.15, 0.2) is 30.3 Å². The van der Waals surface area contributed by atoms with E-state index in [4.69, 9.17) is 4.74 Å². The van der Waals surface area contributed by atoms with Crippen molar-refractivity contribution in [3.05, 3.63) is 35.9 Å². The molecule has 8 nitrogen and oxygen atoms in total. The molecule has 3 N–H and O–H groups in total. The minimum atomic E-state index is -1.12. The van der Waals surface area contributed by atoms with Gasteiger partial charge in [0, 0.05) is 18.4 Å². The van der Waals surface area contributed by atoms with Crippen LogP contribution >= 0.6 is 15.9 Å². The van der Waals surface area contributed by atoms with Crippen LogP contribution in [0.25, 0.3) is 0 Å². The molecule has 0 aliphatic carbocycles. The first-order valence-corrected chi connectivity index (χ1v) is 12.5. The van der Waals surface area contributed by atoms with Crippen molar-refractivity contribution in [2.45, 2.75) is 61.8 Å². The molecule has 3 unspecified atom stereocenters. The highest BCUT2D eigenvalue weighted by atomic mass is 79.9. The summed E-state index contributed by atoms with van der Waals surface area (Å²) in [5.74, 6) is -2.36. The van der Waals surface area contributed by atoms with Crippen LogP contribution in [-0.2, 0) is 25.7 Å². The highest BCUT2D eigenvalue weighted by Gasteiger charge is 2.77. The van der Waals surface area contributed by atoms with Crippen LogP contribution in [0.2, 0.25) is 0 Å². The lowest BCUT2D eigenvalue weighted by Gasteiger charge is -2.38. The summed E-state index contributed by atoms with van der Waals surface area (Å²) in [4.78, 5) is 41.8. The zero-order valence-corrected chi connectivity index (χ0v) is 20.7. The van der Waals surface area contributed by atoms with Crippen molar-refractivity contribution in [1.82, 2.24) is 15.5 Å². The van der Waals surface area contributed by atoms with Gasteiger partial charge in [0.05, 0.1) is 30.6 Å². The number of likely N-dealkylation sites (tertiary alicyclic amines) is 1. The molecule has 0 aromatic heterocycles. The van der Waals surface area contributed by atoms with E-state index in [0.29, 0.717) is 13.0 Å². The molecule has 33 heavy (non-hydrogen) atoms. The number of rotatable bonds is 8. The minimum Gasteiger partial charge on any atom is -0.394 e. The molecule has 0 saturated carbocycles. The van der Waals surface area contributed by atoms with E-state index in [2.05, 4.69) is 26.6 Å². The topological polar surface area (TPSA) is 108 Å². The van der Waals surface area contributed by atoms with Gasteiger partial charge in [-0.3, -0.25) is 14.4 Å². The van der Waals surface area contributed by atoms with Gasteiger partial charge < -0.3 is 25.4 Å². The van der Waals surface area contributed by atoms with E-state index in [9.17, 15) is 19.5 Å². The Bertz CT molecular complexity index is 915. The van der Waals surface area contributed by atoms with Crippen LogP contribution in [0.4, 0.5) is 0 Å². The fraction of sp³-hybridized carbons (Fsp3) is 0.625. The van der Waals surface area contributed by atoms with E-state index in [0.717, 1.165) is 12.0 Å². The fourth-order valence-electron chi connectivity index (χ4n) is 5.89. The second-order valence-corrected chi connectivity index (χ2v) is 10.5. The van der Waals surface area contributed by atoms with Gasteiger partial charge in [0.2, 0.25) is 17.7 Å². The largest absolute Gasteiger partial charge is 0.394 e. The van der Waals surface area contributed by atoms with Crippen LogP contribution in [-0.4, -0.2) is 70.0 Å². The number of fused-ring (bicyclic) bond motifs is 1. The summed E-state index contributed by atoms with van der Waals surface area (Å²) in [6.45, 7) is 3.99. The Hall–Kier alpha value is -1.97. The third-order valence-corrected chi connectivity index (χ3v) is 8.52. The number of hydrogen-bond acceptors (Lipinski definition) is 5. The highest BCUT2D eigenvalue weighted by molar-refractivity contribution is 9.09. The van der Waals surface area contributed by atoms with Crippen molar-refractivity contribution in [2.24, 2.45) is 17.8 Å². The smallest absolute Gasteiger partial charge is 0.246 e. The van der Waals surface area contributed by atoms with E-state index in [1.54, 1.807) is 7.05 Å². The van der Waals surface area contributed by atoms with Gasteiger partial charge in [0.15, 0.2) is 0 Å². The molecule has 3 aliphatic heterocycles. The van der Waals surface area contributed by atoms with Crippen molar-refractivity contribution in [2.75, 3.05) is 13.7 Å². The number of ether oxygens (including phenoxy) is 1. The first-order chi connectivity index (χ1) is 15.8. The summed E-state index contributed by atoms with van der Waals surface area (Å²) in [7, 11) is 1.54. The molecule has 3 heterocycles. The predicted octanol–water partition coefficient (Wildman–Crippen LogP) is 1.20. The Labute approximate surface area is 202 Å². The Kier molecular flexibility index (Phi) is 6.85. The zero-order chi connectivity index (χ0) is 23.9. The number of halogens is 1. The molecule has 8 atom stereocenters. The molecule has 180 valence electrons. The highest BCUT2D eigenvalue weighted by Crippen LogP contribution is 2.60. The van der Waals surface area contributed by atoms with Crippen molar-refractivity contribution in [1.29, 1.82) is 0 Å². The van der Waals surface area contributed by atoms with Gasteiger partial charge in [-0.1, -0.05) is 66.5 Å². The number of carbonyl (C=O) groups is 3. The van der Waals surface area contributed by atoms with Crippen LogP contribution in [0.3, 0.4) is 0 Å². The summed E-state index contributed by atoms with van der Waals surface area (Å²) in [6, 6.07) is 8.07. The fourth-order valence-corrected chi connectivity index (χ4v) is 6.83. The van der Waals surface area contributed by atoms with Crippen molar-refractivity contribution >= 4 is 33.7 Å². The maximum Gasteiger partial charge on any atom is 0.246 e. The van der Waals surface area contributed by atoms with Crippen LogP contribution in [0.5, 0.6) is 0 Å². The molecule has 0 radical (unpaired) electrons. The first kappa shape index (κ1) is 24.2. The molecular weight excluding hydrogens is 490 g/mol. The molecular formula is C24H32BrN3O5. The average molecular weight is 522 g/mol. The average Bonchev–Trinajstić information content (AvgIpc) is 3.42. The van der Waals surface area contributed by atoms with E-state index < -0.39 is 35.6 Å². The number of hydrogen-bond donors (Lipinski definition) is 3. The predicted molar refractivity (Wildman–Crippen MR) is 125 cm³/mol. The third kappa shape index (κ3) is 3.78. The van der Waals surface area contributed by atoms with Gasteiger partial charge in [0.25, 0.3) is 0 Å². The second kappa shape index (κ2) is 9.35. The number of amides is 3. The van der Waals surface area contributed by atoms with Crippen molar-refractivity contribution in [3.63, 3.8) is 0 Å². The molecule has 1 aromatic carbocycles. The molecule has 1 aromatic rings. The lowest BCUT2D eigenvalue weighted by atomic mass is 9.70. The van der Waals surface area contributed by atoms with Crippen molar-refractivity contribution < 1.29 is 24.2 Å². The normalized spacial score (nSPS) is 34.2. The Balaban J connectivity index is 1.73. The van der Waals surface area contributed by atoms with E-state index in [-0.39, 0.29) is 35.1 Å². The number of aliphatic hydroxyl groups excluding tert-OH is 1. The van der Waals surface area contributed by atoms with Gasteiger partial charge in [-0.15, -0.1) is 0 Å². The Morgan fingerprint density at radius 1 is 1.30 bits per heavy atom. The van der Waals surface area contributed by atoms with Crippen LogP contribution in [0.1, 0.15) is 32.3 Å². The summed E-state index contributed by atoms with van der Waals surface area (Å²) >= 11 is 3.64. The van der Waals surface area contributed by atoms with Crippen LogP contribution in [0, 0.1) is 17.8 Å². The number of benzene rings is 1. The number of alkyl halides is 1. The first-order valence-electron chi connectivity index (χ1n) is 11.6. The van der Waals surface area contributed by atoms with Crippen molar-refractivity contribution in [3.8, 4) is 0 Å². The number of aliphatic hydroxyl groups is 1. The van der Waals surface area contributed by atoms with Gasteiger partial charge in [0.1, 0.15) is 11.6 Å². The maximum absolute atomic E-state index is 13.9. The SMILES string of the molecule is CC[C@H](C)[C@H](CO)N1C(=O)[C@@H]2[C@H](C(=O)NC)[C@H]3OC2(CC3Br)C1C(=O)NCc1ccccc1. The lowest BCUT2D eigenvalue weighted by Crippen LogP contribution is -2.59. The number of nitrogens with one attached hydrogen (secondary N) is 2. The zero-order valence-electron chi connectivity index (χ0n) is 19.2. The molecule has 3 fully saturated rings. The van der Waals surface area contributed by atoms with Gasteiger partial charge in [-0.05, 0) is 17.9 Å². The summed E-state index contributed by atoms with van der Waals surface area (Å²) in [5, 5.41) is 15.9. The molecule has 3 amide bonds. The second-order valence-electron chi connectivity index (χ2n) is 9.36. The van der Waals surface area contributed by atoms with Gasteiger partial charge in [-0.2, -0.15) is 0 Å². The van der Waals surface area contributed by atoms with Gasteiger partial charge in [-0.25, -0.2) is 0 Å². The minimum absolute atomic E-state index is 0.0333. The summed E-state index contributed by atoms with van der Waals surface area (Å²) in [6.07, 6.45) is 0.691. The molecule has 3 saturated heterocycles. The summed E-state index contributed by atoms with van der Waals surface area (Å²) < 4.78 is 6.41. The lowest BCUT2D eigenvalue weighted by molar-refractivity contribution is -0.147. The Morgan fingerprint density at radius 3 is 2.61 bits per heavy atom. The quantitative estimate of drug-likeness (QED) is 0.445.